The molecule has 0 radical (unpaired) electrons. The molecule has 0 atom stereocenters. The van der Waals surface area contributed by atoms with Gasteiger partial charge in [0, 0.05) is 54.1 Å². The third-order valence-corrected chi connectivity index (χ3v) is 8.89. The van der Waals surface area contributed by atoms with Gasteiger partial charge in [0.05, 0.1) is 12.1 Å². The molecule has 9 heteroatoms. The van der Waals surface area contributed by atoms with Crippen LogP contribution >= 0.6 is 11.3 Å². The normalized spacial score (nSPS) is 13.9. The number of piperazine rings is 1. The minimum Gasteiger partial charge on any atom is -0.494 e. The van der Waals surface area contributed by atoms with Gasteiger partial charge in [-0.05, 0) is 78.2 Å². The molecule has 1 fully saturated rings. The highest BCUT2D eigenvalue weighted by atomic mass is 32.1. The van der Waals surface area contributed by atoms with E-state index in [1.54, 1.807) is 23.5 Å². The van der Waals surface area contributed by atoms with Crippen LogP contribution in [0.4, 0.5) is 10.5 Å². The molecule has 45 heavy (non-hydrogen) atoms. The molecular weight excluding hydrogens is 586 g/mol. The highest BCUT2D eigenvalue weighted by molar-refractivity contribution is 7.17. The van der Waals surface area contributed by atoms with Crippen LogP contribution in [0.15, 0.2) is 101 Å². The summed E-state index contributed by atoms with van der Waals surface area (Å²) in [5.41, 5.74) is 2.71. The van der Waals surface area contributed by atoms with Crippen LogP contribution in [-0.4, -0.2) is 61.6 Å². The summed E-state index contributed by atoms with van der Waals surface area (Å²) in [5.74, 6) is 0.673. The van der Waals surface area contributed by atoms with Crippen molar-refractivity contribution in [2.75, 3.05) is 50.8 Å². The summed E-state index contributed by atoms with van der Waals surface area (Å²) in [5, 5.41) is 4.38. The van der Waals surface area contributed by atoms with Crippen LogP contribution in [0, 0.1) is 0 Å². The molecule has 2 aromatic heterocycles. The molecule has 1 aliphatic heterocycles. The van der Waals surface area contributed by atoms with Gasteiger partial charge in [0.25, 0.3) is 5.56 Å². The third kappa shape index (κ3) is 7.92. The van der Waals surface area contributed by atoms with E-state index in [4.69, 9.17) is 14.2 Å². The predicted octanol–water partition coefficient (Wildman–Crippen LogP) is 7.02. The molecule has 3 aromatic carbocycles. The number of rotatable bonds is 12. The van der Waals surface area contributed by atoms with Crippen LogP contribution in [0.25, 0.3) is 27.1 Å². The molecule has 8 nitrogen and oxygen atoms in total. The lowest BCUT2D eigenvalue weighted by molar-refractivity contribution is 0.0409. The number of unbranched alkanes of at least 4 members (excludes halogenated alkanes) is 1. The molecule has 0 saturated carbocycles. The lowest BCUT2D eigenvalue weighted by Gasteiger charge is -2.36. The number of hydrogen-bond donors (Lipinski definition) is 0. The Kier molecular flexibility index (Phi) is 10.1. The Morgan fingerprint density at radius 1 is 0.867 bits per heavy atom. The number of fused-ring (bicyclic) bond motifs is 2. The molecular formula is C36H37N3O5S. The quantitative estimate of drug-likeness (QED) is 0.109. The van der Waals surface area contributed by atoms with E-state index < -0.39 is 6.16 Å². The number of hydrogen-bond acceptors (Lipinski definition) is 8. The van der Waals surface area contributed by atoms with Gasteiger partial charge in [-0.3, -0.25) is 14.3 Å². The van der Waals surface area contributed by atoms with Crippen molar-refractivity contribution in [3.05, 3.63) is 112 Å². The summed E-state index contributed by atoms with van der Waals surface area (Å²) in [6.45, 7) is 5.64. The van der Waals surface area contributed by atoms with Crippen LogP contribution in [-0.2, 0) is 16.2 Å². The average Bonchev–Trinajstić information content (AvgIpc) is 3.56. The van der Waals surface area contributed by atoms with Gasteiger partial charge in [-0.2, -0.15) is 0 Å². The monoisotopic (exact) mass is 623 g/mol. The smallest absolute Gasteiger partial charge is 0.494 e. The first-order valence-corrected chi connectivity index (χ1v) is 16.2. The molecule has 6 rings (SSSR count). The third-order valence-electron chi connectivity index (χ3n) is 8.01. The first kappa shape index (κ1) is 30.4. The fraction of sp³-hybridized carbons (Fsp3) is 0.278. The first-order valence-electron chi connectivity index (χ1n) is 15.4. The second kappa shape index (κ2) is 14.9. The zero-order chi connectivity index (χ0) is 30.8. The number of benzene rings is 3. The number of carbonyl (C=O) groups excluding carboxylic acids is 1. The second-order valence-electron chi connectivity index (χ2n) is 11.0. The summed E-state index contributed by atoms with van der Waals surface area (Å²) < 4.78 is 19.2. The molecule has 5 aromatic rings. The Balaban J connectivity index is 0.940. The average molecular weight is 624 g/mol. The maximum atomic E-state index is 12.6. The first-order chi connectivity index (χ1) is 22.1. The Labute approximate surface area is 266 Å². The molecule has 1 aliphatic rings. The Hall–Kier alpha value is -4.60. The number of carbonyl (C=O) groups is 1. The number of aromatic nitrogens is 1. The molecule has 0 amide bonds. The van der Waals surface area contributed by atoms with Gasteiger partial charge in [0.2, 0.25) is 0 Å². The van der Waals surface area contributed by atoms with Crippen molar-refractivity contribution in [2.24, 2.45) is 0 Å². The summed E-state index contributed by atoms with van der Waals surface area (Å²) in [6, 6.07) is 27.4. The lowest BCUT2D eigenvalue weighted by atomic mass is 10.2. The van der Waals surface area contributed by atoms with E-state index in [1.165, 1.54) is 26.4 Å². The lowest BCUT2D eigenvalue weighted by Crippen LogP contribution is -2.46. The van der Waals surface area contributed by atoms with E-state index >= 15 is 0 Å². The van der Waals surface area contributed by atoms with Crippen LogP contribution in [0.1, 0.15) is 18.4 Å². The Morgan fingerprint density at radius 2 is 1.71 bits per heavy atom. The van der Waals surface area contributed by atoms with E-state index in [9.17, 15) is 9.59 Å². The minimum absolute atomic E-state index is 0.0682. The van der Waals surface area contributed by atoms with Crippen molar-refractivity contribution in [3.8, 4) is 5.75 Å². The largest absolute Gasteiger partial charge is 0.510 e. The van der Waals surface area contributed by atoms with Gasteiger partial charge >= 0.3 is 6.16 Å². The predicted molar refractivity (Wildman–Crippen MR) is 181 cm³/mol. The van der Waals surface area contributed by atoms with Crippen molar-refractivity contribution in [1.29, 1.82) is 0 Å². The van der Waals surface area contributed by atoms with Crippen molar-refractivity contribution in [3.63, 3.8) is 0 Å². The topological polar surface area (TPSA) is 73.2 Å². The summed E-state index contributed by atoms with van der Waals surface area (Å²) >= 11 is 1.80. The number of anilines is 1. The van der Waals surface area contributed by atoms with Crippen molar-refractivity contribution in [2.45, 2.75) is 19.6 Å². The summed E-state index contributed by atoms with van der Waals surface area (Å²) in [6.07, 6.45) is 4.73. The maximum Gasteiger partial charge on any atom is 0.510 e. The summed E-state index contributed by atoms with van der Waals surface area (Å²) in [7, 11) is 0. The van der Waals surface area contributed by atoms with Crippen molar-refractivity contribution < 1.29 is 19.0 Å². The molecule has 3 heterocycles. The van der Waals surface area contributed by atoms with Crippen LogP contribution in [0.3, 0.4) is 0 Å². The second-order valence-corrected chi connectivity index (χ2v) is 11.9. The van der Waals surface area contributed by atoms with Crippen LogP contribution in [0.5, 0.6) is 5.75 Å². The van der Waals surface area contributed by atoms with E-state index in [-0.39, 0.29) is 18.9 Å². The van der Waals surface area contributed by atoms with E-state index in [0.717, 1.165) is 56.5 Å². The molecule has 0 aliphatic carbocycles. The zero-order valence-electron chi connectivity index (χ0n) is 25.2. The van der Waals surface area contributed by atoms with Gasteiger partial charge in [-0.1, -0.05) is 42.5 Å². The van der Waals surface area contributed by atoms with E-state index in [0.29, 0.717) is 17.9 Å². The molecule has 0 N–H and O–H groups in total. The van der Waals surface area contributed by atoms with Gasteiger partial charge < -0.3 is 19.1 Å². The Morgan fingerprint density at radius 3 is 2.58 bits per heavy atom. The molecule has 1 saturated heterocycles. The van der Waals surface area contributed by atoms with Gasteiger partial charge in [-0.15, -0.1) is 11.3 Å². The van der Waals surface area contributed by atoms with Gasteiger partial charge in [0.1, 0.15) is 12.4 Å². The minimum atomic E-state index is -0.842. The fourth-order valence-electron chi connectivity index (χ4n) is 5.61. The van der Waals surface area contributed by atoms with E-state index in [2.05, 4.69) is 39.4 Å². The van der Waals surface area contributed by atoms with Crippen molar-refractivity contribution >= 4 is 50.2 Å². The maximum absolute atomic E-state index is 12.6. The van der Waals surface area contributed by atoms with Crippen LogP contribution in [0.2, 0.25) is 0 Å². The molecule has 0 spiro atoms. The summed E-state index contributed by atoms with van der Waals surface area (Å²) in [4.78, 5) is 29.8. The van der Waals surface area contributed by atoms with Gasteiger partial charge in [0.15, 0.2) is 6.73 Å². The fourth-order valence-corrected chi connectivity index (χ4v) is 6.42. The Bertz CT molecular complexity index is 1810. The number of ether oxygens (including phenoxy) is 3. The standard InChI is InChI=1S/C36H37N3O5S/c40-35-16-14-29-13-15-30(26-33(29)39(35)27-44-36(41)43-24-7-10-28-8-2-1-3-9-28)42-23-5-4-18-37-19-21-38(22-20-37)32-11-6-12-34-31(32)17-25-45-34/h1-3,6-17,25-26H,4-5,18-24,27H2/b10-7+. The van der Waals surface area contributed by atoms with Crippen molar-refractivity contribution in [1.82, 2.24) is 9.47 Å². The highest BCUT2D eigenvalue weighted by Crippen LogP contribution is 2.31. The zero-order valence-corrected chi connectivity index (χ0v) is 26.0. The molecule has 232 valence electrons. The SMILES string of the molecule is O=C(OC/C=C/c1ccccc1)OCn1c(=O)ccc2ccc(OCCCCN3CCN(c4cccc5sccc45)CC3)cc21. The van der Waals surface area contributed by atoms with E-state index in [1.807, 2.05) is 54.6 Å². The number of thiophene rings is 1. The molecule has 0 unspecified atom stereocenters. The number of pyridine rings is 1. The van der Waals surface area contributed by atoms with Crippen LogP contribution < -0.4 is 15.2 Å². The highest BCUT2D eigenvalue weighted by Gasteiger charge is 2.18. The molecule has 0 bridgehead atoms. The van der Waals surface area contributed by atoms with Gasteiger partial charge in [-0.25, -0.2) is 4.79 Å². The number of nitrogens with zero attached hydrogens (tertiary/aromatic N) is 3.